The number of pyridine rings is 1. The van der Waals surface area contributed by atoms with Gasteiger partial charge in [-0.15, -0.1) is 0 Å². The van der Waals surface area contributed by atoms with Crippen LogP contribution in [0.4, 0.5) is 26.1 Å². The Hall–Kier alpha value is -4.83. The number of nitrogens with two attached hydrogens (primary N) is 2. The number of aromatic nitrogens is 3. The van der Waals surface area contributed by atoms with Gasteiger partial charge in [-0.3, -0.25) is 0 Å². The van der Waals surface area contributed by atoms with Gasteiger partial charge < -0.3 is 30.7 Å². The van der Waals surface area contributed by atoms with Crippen LogP contribution in [0.15, 0.2) is 47.0 Å². The average molecular weight is 591 g/mol. The number of nitrogens with zero attached hydrogens (tertiary/aromatic N) is 6. The van der Waals surface area contributed by atoms with E-state index in [1.807, 2.05) is 24.0 Å². The van der Waals surface area contributed by atoms with Crippen molar-refractivity contribution in [2.24, 2.45) is 5.73 Å². The van der Waals surface area contributed by atoms with E-state index in [1.165, 1.54) is 13.2 Å². The van der Waals surface area contributed by atoms with Crippen LogP contribution >= 0.6 is 11.8 Å². The van der Waals surface area contributed by atoms with Gasteiger partial charge in [-0.2, -0.15) is 15.2 Å². The van der Waals surface area contributed by atoms with Gasteiger partial charge in [-0.05, 0) is 25.1 Å². The van der Waals surface area contributed by atoms with Gasteiger partial charge in [0.15, 0.2) is 11.6 Å². The van der Waals surface area contributed by atoms with E-state index in [2.05, 4.69) is 21.5 Å². The summed E-state index contributed by atoms with van der Waals surface area (Å²) in [7, 11) is 4.84. The molecule has 4 N–H and O–H groups in total. The maximum absolute atomic E-state index is 16.9. The zero-order valence-electron chi connectivity index (χ0n) is 23.4. The topological polar surface area (TPSA) is 139 Å². The van der Waals surface area contributed by atoms with E-state index >= 15 is 4.39 Å². The van der Waals surface area contributed by atoms with Gasteiger partial charge in [0.1, 0.15) is 35.6 Å². The smallest absolute Gasteiger partial charge is 0.318 e. The molecule has 10 nitrogen and oxygen atoms in total. The van der Waals surface area contributed by atoms with Gasteiger partial charge in [0, 0.05) is 37.0 Å². The second kappa shape index (κ2) is 11.2. The summed E-state index contributed by atoms with van der Waals surface area (Å²) >= 11 is 0.795. The van der Waals surface area contributed by atoms with E-state index in [9.17, 15) is 9.65 Å². The van der Waals surface area contributed by atoms with Crippen molar-refractivity contribution < 1.29 is 18.3 Å². The summed E-state index contributed by atoms with van der Waals surface area (Å²) < 4.78 is 43.6. The van der Waals surface area contributed by atoms with Gasteiger partial charge in [0.25, 0.3) is 0 Å². The Kier molecular flexibility index (Phi) is 7.66. The number of halogens is 2. The molecule has 1 aliphatic rings. The Labute approximate surface area is 245 Å². The van der Waals surface area contributed by atoms with Crippen molar-refractivity contribution in [2.75, 3.05) is 49.9 Å². The van der Waals surface area contributed by atoms with Crippen LogP contribution < -0.4 is 30.7 Å². The molecule has 13 heteroatoms. The largest absolute Gasteiger partial charge is 0.489 e. The fourth-order valence-corrected chi connectivity index (χ4v) is 5.84. The molecule has 0 unspecified atom stereocenters. The third kappa shape index (κ3) is 4.73. The van der Waals surface area contributed by atoms with Crippen molar-refractivity contribution in [3.05, 3.63) is 64.8 Å². The first-order chi connectivity index (χ1) is 20.1. The Morgan fingerprint density at radius 2 is 2.05 bits per heavy atom. The second-order valence-corrected chi connectivity index (χ2v) is 10.8. The van der Waals surface area contributed by atoms with Crippen LogP contribution in [0.3, 0.4) is 0 Å². The zero-order chi connectivity index (χ0) is 30.3. The van der Waals surface area contributed by atoms with Crippen molar-refractivity contribution in [2.45, 2.75) is 17.9 Å². The molecule has 4 aromatic rings. The molecule has 1 atom stereocenters. The fourth-order valence-electron chi connectivity index (χ4n) is 5.15. The normalized spacial score (nSPS) is 13.2. The van der Waals surface area contributed by atoms with Crippen molar-refractivity contribution in [1.82, 2.24) is 15.0 Å². The predicted molar refractivity (Wildman–Crippen MR) is 160 cm³/mol. The lowest BCUT2D eigenvalue weighted by molar-refractivity contribution is 0.328. The Balaban J connectivity index is 1.88. The molecule has 1 aliphatic heterocycles. The van der Waals surface area contributed by atoms with Crippen molar-refractivity contribution in [1.29, 1.82) is 5.26 Å². The lowest BCUT2D eigenvalue weighted by Crippen LogP contribution is -2.31. The molecule has 0 spiro atoms. The quantitative estimate of drug-likeness (QED) is 0.282. The van der Waals surface area contributed by atoms with E-state index in [1.54, 1.807) is 31.3 Å². The fraction of sp³-hybridized carbons (Fsp3) is 0.241. The maximum Gasteiger partial charge on any atom is 0.318 e. The van der Waals surface area contributed by atoms with Crippen LogP contribution in [0.5, 0.6) is 11.8 Å². The monoisotopic (exact) mass is 590 g/mol. The van der Waals surface area contributed by atoms with E-state index < -0.39 is 11.6 Å². The molecule has 0 fully saturated rings. The number of anilines is 3. The first-order valence-corrected chi connectivity index (χ1v) is 13.6. The number of nitriles is 1. The van der Waals surface area contributed by atoms with Crippen LogP contribution in [0.25, 0.3) is 22.0 Å². The summed E-state index contributed by atoms with van der Waals surface area (Å²) in [4.78, 5) is 16.8. The maximum atomic E-state index is 16.9. The molecule has 3 heterocycles. The number of rotatable bonds is 7. The SMILES string of the molecule is C=C(N)Sc1c(F)ccc(-c2c(N(C)C)c3c4c(nc(OC)nc4c2F)N([C@H](C)c2cccnc2N)CCO3)c1C#N. The molecular formula is C29H28F2N8O2S. The van der Waals surface area contributed by atoms with Gasteiger partial charge in [0.05, 0.1) is 46.3 Å². The minimum atomic E-state index is -0.760. The number of nitrogen functional groups attached to an aromatic ring is 1. The number of methoxy groups -OCH3 is 1. The van der Waals surface area contributed by atoms with Crippen molar-refractivity contribution in [3.63, 3.8) is 0 Å². The van der Waals surface area contributed by atoms with Crippen LogP contribution in [0.1, 0.15) is 24.1 Å². The van der Waals surface area contributed by atoms with Crippen molar-refractivity contribution in [3.8, 4) is 29.0 Å². The molecular weight excluding hydrogens is 562 g/mol. The Morgan fingerprint density at radius 3 is 2.69 bits per heavy atom. The second-order valence-electron chi connectivity index (χ2n) is 9.69. The molecule has 2 aromatic carbocycles. The van der Waals surface area contributed by atoms with Crippen LogP contribution in [0, 0.1) is 23.0 Å². The number of thioether (sulfide) groups is 1. The Bertz CT molecular complexity index is 1780. The summed E-state index contributed by atoms with van der Waals surface area (Å²) in [6, 6.07) is 7.81. The van der Waals surface area contributed by atoms with Gasteiger partial charge >= 0.3 is 6.01 Å². The molecule has 5 rings (SSSR count). The Morgan fingerprint density at radius 1 is 1.29 bits per heavy atom. The first-order valence-electron chi connectivity index (χ1n) is 12.8. The highest BCUT2D eigenvalue weighted by Gasteiger charge is 2.34. The number of hydrogen-bond donors (Lipinski definition) is 2. The van der Waals surface area contributed by atoms with Crippen LogP contribution in [-0.4, -0.2) is 49.3 Å². The van der Waals surface area contributed by atoms with Gasteiger partial charge in [0.2, 0.25) is 0 Å². The summed E-state index contributed by atoms with van der Waals surface area (Å²) in [5, 5.41) is 10.5. The summed E-state index contributed by atoms with van der Waals surface area (Å²) in [5.74, 6) is -0.395. The first kappa shape index (κ1) is 28.7. The van der Waals surface area contributed by atoms with E-state index in [0.717, 1.165) is 23.4 Å². The molecule has 0 amide bonds. The lowest BCUT2D eigenvalue weighted by atomic mass is 9.94. The lowest BCUT2D eigenvalue weighted by Gasteiger charge is -2.30. The van der Waals surface area contributed by atoms with Crippen molar-refractivity contribution >= 4 is 40.0 Å². The number of ether oxygens (including phenoxy) is 2. The zero-order valence-corrected chi connectivity index (χ0v) is 24.2. The predicted octanol–water partition coefficient (Wildman–Crippen LogP) is 4.98. The van der Waals surface area contributed by atoms with Gasteiger partial charge in [-0.1, -0.05) is 24.4 Å². The van der Waals surface area contributed by atoms with E-state index in [4.69, 9.17) is 20.9 Å². The highest BCUT2D eigenvalue weighted by molar-refractivity contribution is 8.03. The molecule has 0 saturated heterocycles. The standard InChI is InChI=1S/C29H28F2N8O2S/c1-14(16-7-6-10-35-27(16)34)39-11-12-41-25-21-23(36-29(40-5)37-28(21)39)22(31)20(24(25)38(3)4)17-8-9-19(30)26(18(17)13-32)42-15(2)33/h6-10,14H,2,11-12,33H2,1,3-5H3,(H2,34,35)/t14-/m1/s1. The van der Waals surface area contributed by atoms with Crippen LogP contribution in [0.2, 0.25) is 0 Å². The molecule has 2 aromatic heterocycles. The van der Waals surface area contributed by atoms with Gasteiger partial charge in [-0.25, -0.2) is 13.8 Å². The highest BCUT2D eigenvalue weighted by atomic mass is 32.2. The van der Waals surface area contributed by atoms with E-state index in [0.29, 0.717) is 35.0 Å². The average Bonchev–Trinajstić information content (AvgIpc) is 3.15. The minimum Gasteiger partial charge on any atom is -0.489 e. The molecule has 0 radical (unpaired) electrons. The summed E-state index contributed by atoms with van der Waals surface area (Å²) in [6.07, 6.45) is 1.61. The highest BCUT2D eigenvalue weighted by Crippen LogP contribution is 2.51. The molecule has 0 saturated carbocycles. The molecule has 0 aliphatic carbocycles. The summed E-state index contributed by atoms with van der Waals surface area (Å²) in [5.41, 5.74) is 13.0. The van der Waals surface area contributed by atoms with E-state index in [-0.39, 0.29) is 50.8 Å². The molecule has 42 heavy (non-hydrogen) atoms. The number of benzene rings is 2. The molecule has 0 bridgehead atoms. The van der Waals surface area contributed by atoms with Crippen LogP contribution in [-0.2, 0) is 0 Å². The third-order valence-corrected chi connectivity index (χ3v) is 7.83. The number of hydrogen-bond acceptors (Lipinski definition) is 11. The molecule has 216 valence electrons. The third-order valence-electron chi connectivity index (χ3n) is 6.97. The summed E-state index contributed by atoms with van der Waals surface area (Å²) in [6.45, 7) is 6.12. The minimum absolute atomic E-state index is 0.00763.